The van der Waals surface area contributed by atoms with Crippen LogP contribution in [0.15, 0.2) is 37.9 Å². The van der Waals surface area contributed by atoms with Crippen molar-refractivity contribution in [2.75, 3.05) is 0 Å². The Bertz CT molecular complexity index is 509. The average Bonchev–Trinajstić information content (AvgIpc) is 2.02. The van der Waals surface area contributed by atoms with Crippen LogP contribution < -0.4 is 5.43 Å². The van der Waals surface area contributed by atoms with Crippen molar-refractivity contribution in [3.05, 3.63) is 44.7 Å². The second-order valence-electron chi connectivity index (χ2n) is 2.86. The Morgan fingerprint density at radius 3 is 2.85 bits per heavy atom. The Labute approximate surface area is 83.3 Å². The zero-order valence-electron chi connectivity index (χ0n) is 7.00. The van der Waals surface area contributed by atoms with Crippen LogP contribution in [0, 0.1) is 6.92 Å². The summed E-state index contributed by atoms with van der Waals surface area (Å²) in [6.45, 7) is 1.77. The van der Waals surface area contributed by atoms with E-state index >= 15 is 0 Å². The molecule has 1 heterocycles. The minimum absolute atomic E-state index is 0.00579. The van der Waals surface area contributed by atoms with Gasteiger partial charge < -0.3 is 4.42 Å². The molecule has 0 amide bonds. The SMILES string of the molecule is Cc1cc(=O)c2ccc(Br)cc2o1. The van der Waals surface area contributed by atoms with Crippen molar-refractivity contribution in [2.24, 2.45) is 0 Å². The predicted molar refractivity (Wildman–Crippen MR) is 54.9 cm³/mol. The van der Waals surface area contributed by atoms with Gasteiger partial charge in [-0.05, 0) is 25.1 Å². The van der Waals surface area contributed by atoms with Gasteiger partial charge in [-0.15, -0.1) is 0 Å². The smallest absolute Gasteiger partial charge is 0.192 e. The Morgan fingerprint density at radius 1 is 1.31 bits per heavy atom. The minimum atomic E-state index is 0.00579. The molecule has 0 bridgehead atoms. The highest BCUT2D eigenvalue weighted by Crippen LogP contribution is 2.17. The Morgan fingerprint density at radius 2 is 2.08 bits per heavy atom. The maximum absolute atomic E-state index is 11.4. The molecule has 1 aromatic carbocycles. The molecule has 0 aliphatic heterocycles. The van der Waals surface area contributed by atoms with Crippen molar-refractivity contribution in [1.82, 2.24) is 0 Å². The van der Waals surface area contributed by atoms with Gasteiger partial charge in [0.15, 0.2) is 5.43 Å². The van der Waals surface area contributed by atoms with E-state index in [9.17, 15) is 4.79 Å². The maximum Gasteiger partial charge on any atom is 0.192 e. The number of fused-ring (bicyclic) bond motifs is 1. The topological polar surface area (TPSA) is 30.2 Å². The van der Waals surface area contributed by atoms with Gasteiger partial charge >= 0.3 is 0 Å². The van der Waals surface area contributed by atoms with Gasteiger partial charge in [0, 0.05) is 10.5 Å². The highest BCUT2D eigenvalue weighted by atomic mass is 79.9. The Kier molecular flexibility index (Phi) is 1.96. The van der Waals surface area contributed by atoms with Gasteiger partial charge in [0.2, 0.25) is 0 Å². The van der Waals surface area contributed by atoms with Crippen molar-refractivity contribution in [1.29, 1.82) is 0 Å². The lowest BCUT2D eigenvalue weighted by atomic mass is 10.2. The zero-order chi connectivity index (χ0) is 9.42. The summed E-state index contributed by atoms with van der Waals surface area (Å²) in [5, 5.41) is 0.619. The van der Waals surface area contributed by atoms with E-state index in [0.29, 0.717) is 16.7 Å². The van der Waals surface area contributed by atoms with Gasteiger partial charge in [0.25, 0.3) is 0 Å². The quantitative estimate of drug-likeness (QED) is 0.707. The first kappa shape index (κ1) is 8.51. The van der Waals surface area contributed by atoms with E-state index in [0.717, 1.165) is 4.47 Å². The average molecular weight is 239 g/mol. The van der Waals surface area contributed by atoms with Gasteiger partial charge in [0.05, 0.1) is 5.39 Å². The Hall–Kier alpha value is -1.09. The molecule has 66 valence electrons. The molecule has 0 aliphatic carbocycles. The highest BCUT2D eigenvalue weighted by Gasteiger charge is 2.01. The van der Waals surface area contributed by atoms with Crippen LogP contribution in [0.3, 0.4) is 0 Å². The van der Waals surface area contributed by atoms with Crippen LogP contribution >= 0.6 is 15.9 Å². The van der Waals surface area contributed by atoms with Crippen LogP contribution in [0.2, 0.25) is 0 Å². The standard InChI is InChI=1S/C10H7BrO2/c1-6-4-9(12)8-3-2-7(11)5-10(8)13-6/h2-5H,1H3. The molecule has 3 heteroatoms. The molecule has 0 unspecified atom stereocenters. The second-order valence-corrected chi connectivity index (χ2v) is 3.78. The zero-order valence-corrected chi connectivity index (χ0v) is 8.59. The van der Waals surface area contributed by atoms with Gasteiger partial charge in [-0.1, -0.05) is 15.9 Å². The third kappa shape index (κ3) is 1.52. The van der Waals surface area contributed by atoms with Gasteiger partial charge in [-0.3, -0.25) is 4.79 Å². The molecule has 0 atom stereocenters. The number of hydrogen-bond acceptors (Lipinski definition) is 2. The number of halogens is 1. The fourth-order valence-electron chi connectivity index (χ4n) is 1.25. The Balaban J connectivity index is 2.95. The molecule has 13 heavy (non-hydrogen) atoms. The van der Waals surface area contributed by atoms with Crippen molar-refractivity contribution in [3.63, 3.8) is 0 Å². The monoisotopic (exact) mass is 238 g/mol. The molecule has 0 radical (unpaired) electrons. The van der Waals surface area contributed by atoms with Crippen LogP contribution in [0.4, 0.5) is 0 Å². The van der Waals surface area contributed by atoms with Crippen LogP contribution in [0.1, 0.15) is 5.76 Å². The molecule has 1 aromatic heterocycles. The third-order valence-corrected chi connectivity index (χ3v) is 2.31. The van der Waals surface area contributed by atoms with Crippen molar-refractivity contribution in [2.45, 2.75) is 6.92 Å². The lowest BCUT2D eigenvalue weighted by Gasteiger charge is -1.98. The lowest BCUT2D eigenvalue weighted by Crippen LogP contribution is -1.99. The molecule has 0 saturated heterocycles. The van der Waals surface area contributed by atoms with Crippen LogP contribution in [0.25, 0.3) is 11.0 Å². The van der Waals surface area contributed by atoms with E-state index in [1.807, 2.05) is 6.07 Å². The number of hydrogen-bond donors (Lipinski definition) is 0. The van der Waals surface area contributed by atoms with Gasteiger partial charge in [-0.2, -0.15) is 0 Å². The van der Waals surface area contributed by atoms with Crippen molar-refractivity contribution >= 4 is 26.9 Å². The second kappa shape index (κ2) is 3.00. The molecule has 2 nitrogen and oxygen atoms in total. The van der Waals surface area contributed by atoms with E-state index in [1.54, 1.807) is 19.1 Å². The fourth-order valence-corrected chi connectivity index (χ4v) is 1.59. The number of aryl methyl sites for hydroxylation is 1. The van der Waals surface area contributed by atoms with Gasteiger partial charge in [-0.25, -0.2) is 0 Å². The molecule has 0 N–H and O–H groups in total. The third-order valence-electron chi connectivity index (χ3n) is 1.81. The fraction of sp³-hybridized carbons (Fsp3) is 0.100. The van der Waals surface area contributed by atoms with Gasteiger partial charge in [0.1, 0.15) is 11.3 Å². The normalized spacial score (nSPS) is 10.6. The maximum atomic E-state index is 11.4. The van der Waals surface area contributed by atoms with E-state index in [4.69, 9.17) is 4.42 Å². The summed E-state index contributed by atoms with van der Waals surface area (Å²) in [4.78, 5) is 11.4. The van der Waals surface area contributed by atoms with E-state index < -0.39 is 0 Å². The summed E-state index contributed by atoms with van der Waals surface area (Å²) in [5.41, 5.74) is 0.630. The molecule has 0 spiro atoms. The molecular formula is C10H7BrO2. The van der Waals surface area contributed by atoms with Crippen molar-refractivity contribution in [3.8, 4) is 0 Å². The molecule has 0 aliphatic rings. The predicted octanol–water partition coefficient (Wildman–Crippen LogP) is 2.86. The van der Waals surface area contributed by atoms with Crippen LogP contribution in [-0.4, -0.2) is 0 Å². The summed E-state index contributed by atoms with van der Waals surface area (Å²) in [5.74, 6) is 0.635. The summed E-state index contributed by atoms with van der Waals surface area (Å²) < 4.78 is 6.30. The first-order chi connectivity index (χ1) is 6.16. The first-order valence-electron chi connectivity index (χ1n) is 3.87. The largest absolute Gasteiger partial charge is 0.461 e. The molecule has 0 saturated carbocycles. The van der Waals surface area contributed by atoms with Crippen LogP contribution in [0.5, 0.6) is 0 Å². The summed E-state index contributed by atoms with van der Waals surface area (Å²) in [6, 6.07) is 6.87. The molecule has 0 fully saturated rings. The highest BCUT2D eigenvalue weighted by molar-refractivity contribution is 9.10. The number of rotatable bonds is 0. The summed E-state index contributed by atoms with van der Waals surface area (Å²) >= 11 is 3.32. The minimum Gasteiger partial charge on any atom is -0.461 e. The summed E-state index contributed by atoms with van der Waals surface area (Å²) in [7, 11) is 0. The molecule has 2 aromatic rings. The van der Waals surface area contributed by atoms with E-state index in [2.05, 4.69) is 15.9 Å². The van der Waals surface area contributed by atoms with Crippen molar-refractivity contribution < 1.29 is 4.42 Å². The molecular weight excluding hydrogens is 232 g/mol. The van der Waals surface area contributed by atoms with E-state index in [-0.39, 0.29) is 5.43 Å². The number of benzene rings is 1. The van der Waals surface area contributed by atoms with E-state index in [1.165, 1.54) is 6.07 Å². The lowest BCUT2D eigenvalue weighted by molar-refractivity contribution is 0.564. The molecule has 2 rings (SSSR count). The van der Waals surface area contributed by atoms with Crippen LogP contribution in [-0.2, 0) is 0 Å². The first-order valence-corrected chi connectivity index (χ1v) is 4.66. The summed E-state index contributed by atoms with van der Waals surface area (Å²) in [6.07, 6.45) is 0.